The molecule has 1 aromatic heterocycles. The lowest BCUT2D eigenvalue weighted by atomic mass is 9.97. The van der Waals surface area contributed by atoms with Crippen molar-refractivity contribution in [2.24, 2.45) is 5.92 Å². The Morgan fingerprint density at radius 2 is 1.96 bits per heavy atom. The fourth-order valence-corrected chi connectivity index (χ4v) is 2.86. The van der Waals surface area contributed by atoms with Crippen molar-refractivity contribution in [1.82, 2.24) is 0 Å². The van der Waals surface area contributed by atoms with E-state index in [-0.39, 0.29) is 35.0 Å². The normalized spacial score (nSPS) is 12.0. The van der Waals surface area contributed by atoms with E-state index in [0.29, 0.717) is 10.9 Å². The first-order chi connectivity index (χ1) is 10.5. The van der Waals surface area contributed by atoms with Crippen molar-refractivity contribution in [2.45, 2.75) is 32.1 Å². The summed E-state index contributed by atoms with van der Waals surface area (Å²) in [7, 11) is -4.51. The summed E-state index contributed by atoms with van der Waals surface area (Å²) in [5.74, 6) is -0.380. The first-order valence-electron chi connectivity index (χ1n) is 6.88. The molecule has 0 fully saturated rings. The van der Waals surface area contributed by atoms with E-state index in [4.69, 9.17) is 10.2 Å². The molecule has 0 amide bonds. The van der Waals surface area contributed by atoms with Crippen molar-refractivity contribution in [3.05, 3.63) is 33.7 Å². The molecule has 23 heavy (non-hydrogen) atoms. The molecule has 0 unspecified atom stereocenters. The number of benzene rings is 1. The second-order valence-electron chi connectivity index (χ2n) is 5.65. The number of ketones is 1. The molecule has 2 rings (SSSR count). The van der Waals surface area contributed by atoms with E-state index in [2.05, 4.69) is 0 Å². The SMILES string of the molecule is Cc1c(CC(=O)C(C)C)c(=O)oc2cc(N)c(S(=O)(=O)O)cc12. The van der Waals surface area contributed by atoms with Crippen LogP contribution in [0.15, 0.2) is 26.2 Å². The zero-order valence-corrected chi connectivity index (χ0v) is 13.7. The summed E-state index contributed by atoms with van der Waals surface area (Å²) in [5, 5.41) is 0.304. The molecule has 8 heteroatoms. The monoisotopic (exact) mass is 339 g/mol. The van der Waals surface area contributed by atoms with Crippen LogP contribution in [0, 0.1) is 12.8 Å². The van der Waals surface area contributed by atoms with Crippen LogP contribution < -0.4 is 11.4 Å². The van der Waals surface area contributed by atoms with Crippen molar-refractivity contribution in [1.29, 1.82) is 0 Å². The van der Waals surface area contributed by atoms with E-state index in [1.165, 1.54) is 6.07 Å². The largest absolute Gasteiger partial charge is 0.422 e. The molecule has 1 aromatic carbocycles. The summed E-state index contributed by atoms with van der Waals surface area (Å²) < 4.78 is 37.1. The summed E-state index contributed by atoms with van der Waals surface area (Å²) in [6.07, 6.45) is -0.104. The topological polar surface area (TPSA) is 128 Å². The van der Waals surface area contributed by atoms with Crippen LogP contribution in [0.1, 0.15) is 25.0 Å². The highest BCUT2D eigenvalue weighted by atomic mass is 32.2. The molecule has 0 aliphatic carbocycles. The smallest absolute Gasteiger partial charge is 0.340 e. The van der Waals surface area contributed by atoms with E-state index < -0.39 is 20.6 Å². The van der Waals surface area contributed by atoms with Crippen molar-refractivity contribution in [3.8, 4) is 0 Å². The summed E-state index contributed by atoms with van der Waals surface area (Å²) >= 11 is 0. The number of rotatable bonds is 4. The van der Waals surface area contributed by atoms with Crippen LogP contribution in [0.5, 0.6) is 0 Å². The Bertz CT molecular complexity index is 956. The summed E-state index contributed by atoms with van der Waals surface area (Å²) in [4.78, 5) is 23.5. The Hall–Kier alpha value is -2.19. The van der Waals surface area contributed by atoms with Gasteiger partial charge in [0.05, 0.1) is 5.69 Å². The van der Waals surface area contributed by atoms with Gasteiger partial charge in [-0.3, -0.25) is 9.35 Å². The maximum Gasteiger partial charge on any atom is 0.340 e. The van der Waals surface area contributed by atoms with Crippen LogP contribution in [0.25, 0.3) is 11.0 Å². The van der Waals surface area contributed by atoms with Gasteiger partial charge in [-0.1, -0.05) is 13.8 Å². The number of fused-ring (bicyclic) bond motifs is 1. The van der Waals surface area contributed by atoms with Gasteiger partial charge in [-0.15, -0.1) is 0 Å². The number of hydrogen-bond acceptors (Lipinski definition) is 6. The van der Waals surface area contributed by atoms with E-state index in [9.17, 15) is 22.6 Å². The van der Waals surface area contributed by atoms with Crippen molar-refractivity contribution < 1.29 is 22.2 Å². The number of hydrogen-bond donors (Lipinski definition) is 2. The van der Waals surface area contributed by atoms with Crippen molar-refractivity contribution in [3.63, 3.8) is 0 Å². The molecule has 0 bridgehead atoms. The number of anilines is 1. The molecule has 0 radical (unpaired) electrons. The Morgan fingerprint density at radius 1 is 1.35 bits per heavy atom. The van der Waals surface area contributed by atoms with Crippen LogP contribution in [0.4, 0.5) is 5.69 Å². The number of carbonyl (C=O) groups is 1. The third-order valence-electron chi connectivity index (χ3n) is 3.69. The minimum Gasteiger partial charge on any atom is -0.422 e. The van der Waals surface area contributed by atoms with Gasteiger partial charge >= 0.3 is 5.63 Å². The first-order valence-corrected chi connectivity index (χ1v) is 8.32. The summed E-state index contributed by atoms with van der Waals surface area (Å²) in [6, 6.07) is 2.31. The van der Waals surface area contributed by atoms with Crippen LogP contribution >= 0.6 is 0 Å². The van der Waals surface area contributed by atoms with E-state index in [1.54, 1.807) is 20.8 Å². The Morgan fingerprint density at radius 3 is 2.48 bits per heavy atom. The summed E-state index contributed by atoms with van der Waals surface area (Å²) in [5.41, 5.74) is 5.37. The molecular weight excluding hydrogens is 322 g/mol. The lowest BCUT2D eigenvalue weighted by Gasteiger charge is -2.10. The third kappa shape index (κ3) is 3.27. The van der Waals surface area contributed by atoms with Gasteiger partial charge in [0.2, 0.25) is 0 Å². The van der Waals surface area contributed by atoms with Gasteiger partial charge in [-0.05, 0) is 18.6 Å². The highest BCUT2D eigenvalue weighted by Gasteiger charge is 2.20. The molecule has 0 aliphatic heterocycles. The molecule has 1 heterocycles. The third-order valence-corrected chi connectivity index (χ3v) is 4.60. The highest BCUT2D eigenvalue weighted by molar-refractivity contribution is 7.86. The predicted molar refractivity (Wildman–Crippen MR) is 85.0 cm³/mol. The zero-order chi connectivity index (χ0) is 17.5. The Labute approximate surface area is 132 Å². The minimum atomic E-state index is -4.51. The van der Waals surface area contributed by atoms with Gasteiger partial charge in [-0.25, -0.2) is 4.79 Å². The molecule has 0 spiro atoms. The number of nitrogen functional groups attached to an aromatic ring is 1. The maximum absolute atomic E-state index is 12.1. The van der Waals surface area contributed by atoms with Crippen LogP contribution in [-0.4, -0.2) is 18.8 Å². The average Bonchev–Trinajstić information content (AvgIpc) is 2.41. The molecule has 7 nitrogen and oxygen atoms in total. The molecular formula is C15H17NO6S. The van der Waals surface area contributed by atoms with Crippen LogP contribution in [-0.2, 0) is 21.3 Å². The lowest BCUT2D eigenvalue weighted by molar-refractivity contribution is -0.121. The minimum absolute atomic E-state index is 0.0955. The predicted octanol–water partition coefficient (Wildman–Crippen LogP) is 1.70. The first kappa shape index (κ1) is 17.2. The fourth-order valence-electron chi connectivity index (χ4n) is 2.24. The van der Waals surface area contributed by atoms with Gasteiger partial charge in [0, 0.05) is 29.4 Å². The van der Waals surface area contributed by atoms with Crippen molar-refractivity contribution >= 4 is 32.6 Å². The van der Waals surface area contributed by atoms with Gasteiger partial charge in [-0.2, -0.15) is 8.42 Å². The second kappa shape index (κ2) is 5.78. The Kier molecular flexibility index (Phi) is 4.32. The van der Waals surface area contributed by atoms with Gasteiger partial charge in [0.15, 0.2) is 0 Å². The Balaban J connectivity index is 2.76. The highest BCUT2D eigenvalue weighted by Crippen LogP contribution is 2.28. The zero-order valence-electron chi connectivity index (χ0n) is 12.9. The van der Waals surface area contributed by atoms with E-state index >= 15 is 0 Å². The average molecular weight is 339 g/mol. The fraction of sp³-hybridized carbons (Fsp3) is 0.333. The van der Waals surface area contributed by atoms with Crippen molar-refractivity contribution in [2.75, 3.05) is 5.73 Å². The van der Waals surface area contributed by atoms with Gasteiger partial charge < -0.3 is 10.2 Å². The standard InChI is InChI=1S/C15H17NO6S/c1-7(2)12(17)4-10-8(3)9-5-14(23(19,20)21)11(16)6-13(9)22-15(10)18/h5-7H,4,16H2,1-3H3,(H,19,20,21). The number of aryl methyl sites for hydroxylation is 1. The second-order valence-corrected chi connectivity index (χ2v) is 7.04. The van der Waals surface area contributed by atoms with Gasteiger partial charge in [0.1, 0.15) is 16.3 Å². The lowest BCUT2D eigenvalue weighted by Crippen LogP contribution is -2.18. The molecule has 0 atom stereocenters. The quantitative estimate of drug-likeness (QED) is 0.493. The molecule has 0 saturated carbocycles. The number of nitrogens with two attached hydrogens (primary N) is 1. The number of Topliss-reactive ketones (excluding diaryl/α,β-unsaturated/α-hetero) is 1. The maximum atomic E-state index is 12.1. The van der Waals surface area contributed by atoms with Crippen LogP contribution in [0.3, 0.4) is 0 Å². The van der Waals surface area contributed by atoms with E-state index in [1.807, 2.05) is 0 Å². The molecule has 124 valence electrons. The molecule has 3 N–H and O–H groups in total. The molecule has 2 aromatic rings. The van der Waals surface area contributed by atoms with Gasteiger partial charge in [0.25, 0.3) is 10.1 Å². The van der Waals surface area contributed by atoms with Crippen LogP contribution in [0.2, 0.25) is 0 Å². The number of carbonyl (C=O) groups excluding carboxylic acids is 1. The molecule has 0 aliphatic rings. The summed E-state index contributed by atoms with van der Waals surface area (Å²) in [6.45, 7) is 5.03. The molecule has 0 saturated heterocycles. The van der Waals surface area contributed by atoms with E-state index in [0.717, 1.165) is 6.07 Å².